The third-order valence-electron chi connectivity index (χ3n) is 1.46. The molecule has 0 N–H and O–H groups in total. The molecule has 0 aromatic carbocycles. The zero-order valence-electron chi connectivity index (χ0n) is 7.65. The number of aromatic nitrogens is 3. The summed E-state index contributed by atoms with van der Waals surface area (Å²) in [5.41, 5.74) is 2.04. The Morgan fingerprint density at radius 1 is 1.33 bits per heavy atom. The average Bonchev–Trinajstić information content (AvgIpc) is 2.53. The van der Waals surface area contributed by atoms with Gasteiger partial charge in [-0.2, -0.15) is 5.10 Å². The Hall–Kier alpha value is -1.38. The second kappa shape index (κ2) is 3.85. The van der Waals surface area contributed by atoms with E-state index in [0.29, 0.717) is 0 Å². The zero-order valence-corrected chi connectivity index (χ0v) is 7.65. The van der Waals surface area contributed by atoms with Gasteiger partial charge >= 0.3 is 0 Å². The molecule has 0 saturated heterocycles. The lowest BCUT2D eigenvalue weighted by molar-refractivity contribution is 0.939. The summed E-state index contributed by atoms with van der Waals surface area (Å²) in [5, 5.41) is 4.07. The summed E-state index contributed by atoms with van der Waals surface area (Å²) in [5.74, 6) is 0. The summed E-state index contributed by atoms with van der Waals surface area (Å²) in [7, 11) is 0. The van der Waals surface area contributed by atoms with Crippen molar-refractivity contribution in [2.24, 2.45) is 0 Å². The van der Waals surface area contributed by atoms with Crippen molar-refractivity contribution in [3.63, 3.8) is 0 Å². The molecule has 0 radical (unpaired) electrons. The fourth-order valence-corrected chi connectivity index (χ4v) is 0.946. The number of fused-ring (bicyclic) bond motifs is 1. The molecule has 2 rings (SSSR count). The molecule has 64 valence electrons. The van der Waals surface area contributed by atoms with E-state index in [9.17, 15) is 0 Å². The van der Waals surface area contributed by atoms with Crippen LogP contribution in [0.5, 0.6) is 0 Å². The molecule has 0 spiro atoms. The van der Waals surface area contributed by atoms with Crippen LogP contribution >= 0.6 is 0 Å². The van der Waals surface area contributed by atoms with E-state index < -0.39 is 0 Å². The minimum Gasteiger partial charge on any atom is -0.237 e. The van der Waals surface area contributed by atoms with Crippen LogP contribution in [0.15, 0.2) is 24.7 Å². The van der Waals surface area contributed by atoms with Gasteiger partial charge < -0.3 is 0 Å². The maximum absolute atomic E-state index is 4.14. The molecule has 2 heterocycles. The Bertz CT molecular complexity index is 351. The van der Waals surface area contributed by atoms with Crippen LogP contribution in [0.2, 0.25) is 0 Å². The number of hydrogen-bond acceptors (Lipinski definition) is 2. The molecule has 3 nitrogen and oxygen atoms in total. The lowest BCUT2D eigenvalue weighted by Crippen LogP contribution is -1.86. The average molecular weight is 163 g/mol. The standard InChI is InChI=1S/C7H7N3.C2H6/c1-6-5-9-10-4-2-3-8-7(6)10;1-2/h2-5H,1H3;1-2H3. The van der Waals surface area contributed by atoms with E-state index in [1.54, 1.807) is 10.7 Å². The van der Waals surface area contributed by atoms with Crippen LogP contribution in [0.25, 0.3) is 5.65 Å². The molecule has 0 amide bonds. The van der Waals surface area contributed by atoms with Crippen LogP contribution in [-0.2, 0) is 0 Å². The van der Waals surface area contributed by atoms with E-state index in [1.165, 1.54) is 0 Å². The highest BCUT2D eigenvalue weighted by Crippen LogP contribution is 2.02. The van der Waals surface area contributed by atoms with Crippen molar-refractivity contribution < 1.29 is 0 Å². The highest BCUT2D eigenvalue weighted by molar-refractivity contribution is 5.44. The van der Waals surface area contributed by atoms with Crippen molar-refractivity contribution in [1.82, 2.24) is 14.6 Å². The SMILES string of the molecule is CC.Cc1cnn2cccnc12. The minimum absolute atomic E-state index is 0.933. The molecule has 2 aromatic heterocycles. The van der Waals surface area contributed by atoms with Gasteiger partial charge in [-0.1, -0.05) is 13.8 Å². The molecule has 0 fully saturated rings. The van der Waals surface area contributed by atoms with E-state index in [4.69, 9.17) is 0 Å². The Labute approximate surface area is 72.1 Å². The number of nitrogens with zero attached hydrogens (tertiary/aromatic N) is 3. The minimum atomic E-state index is 0.933. The lowest BCUT2D eigenvalue weighted by Gasteiger charge is -1.88. The molecule has 0 aliphatic carbocycles. The first-order valence-corrected chi connectivity index (χ1v) is 4.13. The molecule has 0 aliphatic rings. The third kappa shape index (κ3) is 1.44. The van der Waals surface area contributed by atoms with E-state index >= 15 is 0 Å². The van der Waals surface area contributed by atoms with Crippen molar-refractivity contribution in [2.45, 2.75) is 20.8 Å². The summed E-state index contributed by atoms with van der Waals surface area (Å²) in [6, 6.07) is 1.86. The maximum atomic E-state index is 4.14. The van der Waals surface area contributed by atoms with Crippen LogP contribution < -0.4 is 0 Å². The largest absolute Gasteiger partial charge is 0.237 e. The Kier molecular flexibility index (Phi) is 2.80. The quantitative estimate of drug-likeness (QED) is 0.595. The smallest absolute Gasteiger partial charge is 0.157 e. The van der Waals surface area contributed by atoms with Crippen molar-refractivity contribution in [3.8, 4) is 0 Å². The van der Waals surface area contributed by atoms with Gasteiger partial charge in [-0.25, -0.2) is 9.50 Å². The van der Waals surface area contributed by atoms with Crippen molar-refractivity contribution in [1.29, 1.82) is 0 Å². The monoisotopic (exact) mass is 163 g/mol. The summed E-state index contributed by atoms with van der Waals surface area (Å²) in [6.45, 7) is 6.00. The Morgan fingerprint density at radius 3 is 2.75 bits per heavy atom. The van der Waals surface area contributed by atoms with Gasteiger partial charge in [0.15, 0.2) is 5.65 Å². The molecule has 3 heteroatoms. The first-order chi connectivity index (χ1) is 5.88. The molecule has 0 bridgehead atoms. The van der Waals surface area contributed by atoms with Gasteiger partial charge in [0.2, 0.25) is 0 Å². The van der Waals surface area contributed by atoms with Gasteiger partial charge in [0.1, 0.15) is 0 Å². The zero-order chi connectivity index (χ0) is 8.97. The third-order valence-corrected chi connectivity index (χ3v) is 1.46. The van der Waals surface area contributed by atoms with Crippen LogP contribution in [0, 0.1) is 6.92 Å². The van der Waals surface area contributed by atoms with Crippen LogP contribution in [0.1, 0.15) is 19.4 Å². The van der Waals surface area contributed by atoms with Crippen molar-refractivity contribution >= 4 is 5.65 Å². The highest BCUT2D eigenvalue weighted by Gasteiger charge is 1.95. The van der Waals surface area contributed by atoms with Gasteiger partial charge in [-0.05, 0) is 13.0 Å². The Balaban J connectivity index is 0.000000336. The second-order valence-electron chi connectivity index (χ2n) is 2.22. The van der Waals surface area contributed by atoms with E-state index in [-0.39, 0.29) is 0 Å². The van der Waals surface area contributed by atoms with Gasteiger partial charge in [0.25, 0.3) is 0 Å². The molecule has 0 atom stereocenters. The Morgan fingerprint density at radius 2 is 2.08 bits per heavy atom. The van der Waals surface area contributed by atoms with Gasteiger partial charge in [0, 0.05) is 18.0 Å². The molecule has 12 heavy (non-hydrogen) atoms. The van der Waals surface area contributed by atoms with Crippen LogP contribution in [0.4, 0.5) is 0 Å². The van der Waals surface area contributed by atoms with Gasteiger partial charge in [0.05, 0.1) is 6.20 Å². The summed E-state index contributed by atoms with van der Waals surface area (Å²) in [4.78, 5) is 4.14. The predicted molar refractivity (Wildman–Crippen MR) is 49.1 cm³/mol. The summed E-state index contributed by atoms with van der Waals surface area (Å²) < 4.78 is 1.76. The van der Waals surface area contributed by atoms with E-state index in [2.05, 4.69) is 10.1 Å². The van der Waals surface area contributed by atoms with Gasteiger partial charge in [-0.15, -0.1) is 0 Å². The van der Waals surface area contributed by atoms with Gasteiger partial charge in [-0.3, -0.25) is 0 Å². The molecular formula is C9H13N3. The molecule has 0 aliphatic heterocycles. The number of hydrogen-bond donors (Lipinski definition) is 0. The van der Waals surface area contributed by atoms with Crippen LogP contribution in [-0.4, -0.2) is 14.6 Å². The maximum Gasteiger partial charge on any atom is 0.157 e. The molecular weight excluding hydrogens is 150 g/mol. The highest BCUT2D eigenvalue weighted by atomic mass is 15.2. The first-order valence-electron chi connectivity index (χ1n) is 4.13. The number of rotatable bonds is 0. The van der Waals surface area contributed by atoms with E-state index in [0.717, 1.165) is 11.2 Å². The van der Waals surface area contributed by atoms with Crippen molar-refractivity contribution in [3.05, 3.63) is 30.2 Å². The number of aryl methyl sites for hydroxylation is 1. The fraction of sp³-hybridized carbons (Fsp3) is 0.333. The van der Waals surface area contributed by atoms with Crippen LogP contribution in [0.3, 0.4) is 0 Å². The predicted octanol–water partition coefficient (Wildman–Crippen LogP) is 2.06. The first kappa shape index (κ1) is 8.71. The summed E-state index contributed by atoms with van der Waals surface area (Å²) in [6.07, 6.45) is 5.46. The molecule has 0 unspecified atom stereocenters. The molecule has 2 aromatic rings. The second-order valence-corrected chi connectivity index (χ2v) is 2.22. The summed E-state index contributed by atoms with van der Waals surface area (Å²) >= 11 is 0. The molecule has 0 saturated carbocycles. The normalized spacial score (nSPS) is 9.25. The lowest BCUT2D eigenvalue weighted by atomic mass is 10.4. The van der Waals surface area contributed by atoms with E-state index in [1.807, 2.05) is 39.2 Å². The van der Waals surface area contributed by atoms with Crippen molar-refractivity contribution in [2.75, 3.05) is 0 Å². The fourth-order valence-electron chi connectivity index (χ4n) is 0.946. The topological polar surface area (TPSA) is 30.2 Å².